The van der Waals surface area contributed by atoms with E-state index in [-0.39, 0.29) is 24.4 Å². The molecule has 4 nitrogen and oxygen atoms in total. The van der Waals surface area contributed by atoms with Gasteiger partial charge in [0.1, 0.15) is 13.8 Å². The second-order valence-electron chi connectivity index (χ2n) is 7.46. The maximum absolute atomic E-state index is 12.2. The van der Waals surface area contributed by atoms with Crippen molar-refractivity contribution in [3.8, 4) is 0 Å². The van der Waals surface area contributed by atoms with Crippen LogP contribution in [-0.2, 0) is 9.59 Å². The van der Waals surface area contributed by atoms with Gasteiger partial charge in [0.25, 0.3) is 0 Å². The molecule has 6 heteroatoms. The highest BCUT2D eigenvalue weighted by Crippen LogP contribution is 2.44. The summed E-state index contributed by atoms with van der Waals surface area (Å²) >= 11 is 2.03. The lowest BCUT2D eigenvalue weighted by Gasteiger charge is -2.46. The van der Waals surface area contributed by atoms with Gasteiger partial charge in [0, 0.05) is 6.04 Å². The molecule has 0 aromatic rings. The third-order valence-electron chi connectivity index (χ3n) is 4.88. The molecule has 0 aliphatic carbocycles. The van der Waals surface area contributed by atoms with E-state index in [2.05, 4.69) is 40.4 Å². The van der Waals surface area contributed by atoms with Gasteiger partial charge >= 0.3 is 5.97 Å². The standard InChI is InChI=1S/C16H29NO3SSi/c1-7-8-13-12(15(20)17(13)11-14(18)19)9-10-21-22(5,6)16(2,3)4/h7,12-13H,1,8-11H2,2-6H3,(H,18,19)/t12-,13+/m0/s1. The molecule has 2 atom stereocenters. The van der Waals surface area contributed by atoms with E-state index in [9.17, 15) is 9.59 Å². The van der Waals surface area contributed by atoms with Crippen LogP contribution in [-0.4, -0.2) is 47.4 Å². The first-order chi connectivity index (χ1) is 10.0. The lowest BCUT2D eigenvalue weighted by atomic mass is 9.83. The Balaban J connectivity index is 2.57. The number of carbonyl (C=O) groups excluding carboxylic acids is 1. The predicted octanol–water partition coefficient (Wildman–Crippen LogP) is 3.60. The molecule has 1 aliphatic rings. The Morgan fingerprint density at radius 3 is 2.50 bits per heavy atom. The second kappa shape index (κ2) is 7.21. The number of carboxylic acids is 1. The van der Waals surface area contributed by atoms with Crippen molar-refractivity contribution in [1.82, 2.24) is 4.90 Å². The first kappa shape index (κ1) is 19.3. The third-order valence-corrected chi connectivity index (χ3v) is 14.3. The van der Waals surface area contributed by atoms with Crippen LogP contribution in [0.15, 0.2) is 12.7 Å². The number of amides is 1. The lowest BCUT2D eigenvalue weighted by molar-refractivity contribution is -0.162. The Labute approximate surface area is 139 Å². The highest BCUT2D eigenvalue weighted by atomic mass is 32.4. The zero-order chi connectivity index (χ0) is 17.1. The number of hydrogen-bond donors (Lipinski definition) is 1. The highest BCUT2D eigenvalue weighted by Gasteiger charge is 2.46. The van der Waals surface area contributed by atoms with Crippen molar-refractivity contribution in [2.24, 2.45) is 5.92 Å². The van der Waals surface area contributed by atoms with Crippen LogP contribution in [0.1, 0.15) is 33.6 Å². The maximum atomic E-state index is 12.2. The van der Waals surface area contributed by atoms with Gasteiger partial charge in [-0.2, -0.15) is 11.2 Å². The SMILES string of the molecule is C=CC[C@@H]1[C@H](CCS[Si](C)(C)C(C)(C)C)C(=O)N1CC(=O)O. The van der Waals surface area contributed by atoms with Gasteiger partial charge in [-0.15, -0.1) is 6.58 Å². The lowest BCUT2D eigenvalue weighted by Crippen LogP contribution is -2.62. The molecule has 1 fully saturated rings. The number of β-lactam (4-membered cyclic amide) rings is 1. The minimum Gasteiger partial charge on any atom is -0.480 e. The topological polar surface area (TPSA) is 57.6 Å². The molecule has 22 heavy (non-hydrogen) atoms. The number of nitrogens with zero attached hydrogens (tertiary/aromatic N) is 1. The molecule has 1 rings (SSSR count). The minimum absolute atomic E-state index is 0.00918. The molecule has 0 aromatic heterocycles. The minimum atomic E-state index is -1.39. The predicted molar refractivity (Wildman–Crippen MR) is 95.7 cm³/mol. The molecule has 0 saturated carbocycles. The van der Waals surface area contributed by atoms with Gasteiger partial charge in [-0.25, -0.2) is 0 Å². The summed E-state index contributed by atoms with van der Waals surface area (Å²) in [7, 11) is -1.39. The van der Waals surface area contributed by atoms with Crippen LogP contribution in [0.2, 0.25) is 18.1 Å². The molecular formula is C16H29NO3SSi. The van der Waals surface area contributed by atoms with Crippen molar-refractivity contribution < 1.29 is 14.7 Å². The number of carboxylic acid groups (broad SMARTS) is 1. The van der Waals surface area contributed by atoms with Gasteiger partial charge in [-0.1, -0.05) is 39.9 Å². The summed E-state index contributed by atoms with van der Waals surface area (Å²) in [5.41, 5.74) is 0. The van der Waals surface area contributed by atoms with E-state index in [1.54, 1.807) is 6.08 Å². The van der Waals surface area contributed by atoms with Gasteiger partial charge in [0.05, 0.1) is 5.92 Å². The summed E-state index contributed by atoms with van der Waals surface area (Å²) in [5.74, 6) is -0.0160. The van der Waals surface area contributed by atoms with E-state index in [1.165, 1.54) is 4.90 Å². The van der Waals surface area contributed by atoms with Crippen LogP contribution in [0.25, 0.3) is 0 Å². The third kappa shape index (κ3) is 4.38. The fourth-order valence-electron chi connectivity index (χ4n) is 2.45. The van der Waals surface area contributed by atoms with Crippen LogP contribution in [0.4, 0.5) is 0 Å². The monoisotopic (exact) mass is 343 g/mol. The van der Waals surface area contributed by atoms with E-state index < -0.39 is 13.2 Å². The van der Waals surface area contributed by atoms with Crippen LogP contribution in [0.3, 0.4) is 0 Å². The van der Waals surface area contributed by atoms with Crippen LogP contribution >= 0.6 is 11.2 Å². The Morgan fingerprint density at radius 1 is 1.45 bits per heavy atom. The average molecular weight is 344 g/mol. The average Bonchev–Trinajstić information content (AvgIpc) is 2.38. The summed E-state index contributed by atoms with van der Waals surface area (Å²) < 4.78 is 0. The summed E-state index contributed by atoms with van der Waals surface area (Å²) in [4.78, 5) is 24.5. The van der Waals surface area contributed by atoms with Gasteiger partial charge in [-0.05, 0) is 23.6 Å². The molecule has 1 N–H and O–H groups in total. The summed E-state index contributed by atoms with van der Waals surface area (Å²) in [6.07, 6.45) is 3.29. The van der Waals surface area contributed by atoms with Gasteiger partial charge < -0.3 is 10.0 Å². The molecule has 0 aromatic carbocycles. The molecule has 0 unspecified atom stereocenters. The number of likely N-dealkylation sites (tertiary alicyclic amines) is 1. The molecule has 1 saturated heterocycles. The fraction of sp³-hybridized carbons (Fsp3) is 0.750. The Hall–Kier alpha value is -0.753. The number of rotatable bonds is 8. The molecule has 1 aliphatic heterocycles. The van der Waals surface area contributed by atoms with Crippen molar-refractivity contribution >= 4 is 30.3 Å². The molecule has 0 spiro atoms. The van der Waals surface area contributed by atoms with Crippen LogP contribution in [0.5, 0.6) is 0 Å². The quantitative estimate of drug-likeness (QED) is 0.415. The van der Waals surface area contributed by atoms with Crippen molar-refractivity contribution in [1.29, 1.82) is 0 Å². The van der Waals surface area contributed by atoms with Gasteiger partial charge in [0.2, 0.25) is 5.91 Å². The van der Waals surface area contributed by atoms with Crippen molar-refractivity contribution in [3.63, 3.8) is 0 Å². The van der Waals surface area contributed by atoms with Gasteiger partial charge in [0.15, 0.2) is 0 Å². The number of aliphatic carboxylic acids is 1. The largest absolute Gasteiger partial charge is 0.480 e. The first-order valence-corrected chi connectivity index (χ1v) is 12.5. The normalized spacial score (nSPS) is 22.4. The van der Waals surface area contributed by atoms with Crippen molar-refractivity contribution in [2.75, 3.05) is 12.3 Å². The highest BCUT2D eigenvalue weighted by molar-refractivity contribution is 8.29. The van der Waals surface area contributed by atoms with E-state index in [0.717, 1.165) is 12.2 Å². The Bertz CT molecular complexity index is 445. The first-order valence-electron chi connectivity index (χ1n) is 7.78. The van der Waals surface area contributed by atoms with E-state index in [4.69, 9.17) is 5.11 Å². The molecule has 126 valence electrons. The molecule has 0 bridgehead atoms. The van der Waals surface area contributed by atoms with E-state index in [0.29, 0.717) is 11.5 Å². The second-order valence-corrected chi connectivity index (χ2v) is 16.6. The summed E-state index contributed by atoms with van der Waals surface area (Å²) in [5, 5.41) is 9.22. The summed E-state index contributed by atoms with van der Waals surface area (Å²) in [6.45, 7) is 15.1. The molecule has 1 heterocycles. The maximum Gasteiger partial charge on any atom is 0.323 e. The Morgan fingerprint density at radius 2 is 2.05 bits per heavy atom. The molecular weight excluding hydrogens is 314 g/mol. The molecule has 0 radical (unpaired) electrons. The zero-order valence-electron chi connectivity index (χ0n) is 14.4. The van der Waals surface area contributed by atoms with Crippen LogP contribution < -0.4 is 0 Å². The Kier molecular flexibility index (Phi) is 6.33. The smallest absolute Gasteiger partial charge is 0.323 e. The zero-order valence-corrected chi connectivity index (χ0v) is 16.2. The van der Waals surface area contributed by atoms with Gasteiger partial charge in [-0.3, -0.25) is 9.59 Å². The number of carbonyl (C=O) groups is 2. The molecule has 1 amide bonds. The van der Waals surface area contributed by atoms with Crippen LogP contribution in [0, 0.1) is 5.92 Å². The van der Waals surface area contributed by atoms with E-state index in [1.807, 2.05) is 11.2 Å². The number of hydrogen-bond acceptors (Lipinski definition) is 3. The fourth-order valence-corrected chi connectivity index (χ4v) is 6.95. The van der Waals surface area contributed by atoms with E-state index >= 15 is 0 Å². The summed E-state index contributed by atoms with van der Waals surface area (Å²) in [6, 6.07) is 0.0149. The van der Waals surface area contributed by atoms with Crippen molar-refractivity contribution in [3.05, 3.63) is 12.7 Å². The van der Waals surface area contributed by atoms with Crippen molar-refractivity contribution in [2.45, 2.75) is 57.8 Å².